The van der Waals surface area contributed by atoms with Crippen molar-refractivity contribution < 1.29 is 0 Å². The van der Waals surface area contributed by atoms with Gasteiger partial charge in [-0.1, -0.05) is 51.5 Å². The molecule has 1 heteroatoms. The molecule has 1 N–H and O–H groups in total. The maximum atomic E-state index is 3.72. The van der Waals surface area contributed by atoms with Gasteiger partial charge in [0.25, 0.3) is 0 Å². The second-order valence-electron chi connectivity index (χ2n) is 5.72. The Balaban J connectivity index is 1.93. The molecule has 1 aliphatic carbocycles. The Bertz CT molecular complexity index is 352. The number of hydrogen-bond donors (Lipinski definition) is 1. The maximum absolute atomic E-state index is 3.72. The highest BCUT2D eigenvalue weighted by Gasteiger charge is 2.35. The van der Waals surface area contributed by atoms with Crippen LogP contribution in [0.15, 0.2) is 24.3 Å². The third-order valence-corrected chi connectivity index (χ3v) is 4.01. The van der Waals surface area contributed by atoms with Crippen molar-refractivity contribution in [2.24, 2.45) is 5.92 Å². The second kappa shape index (κ2) is 5.22. The molecule has 0 radical (unpaired) electrons. The number of hydrogen-bond acceptors (Lipinski definition) is 1. The van der Waals surface area contributed by atoms with Crippen LogP contribution in [-0.4, -0.2) is 6.04 Å². The number of benzene rings is 1. The summed E-state index contributed by atoms with van der Waals surface area (Å²) >= 11 is 0. The van der Waals surface area contributed by atoms with Crippen LogP contribution in [0.4, 0.5) is 0 Å². The van der Waals surface area contributed by atoms with Crippen molar-refractivity contribution in [2.45, 2.75) is 58.5 Å². The molecule has 0 aliphatic heterocycles. The van der Waals surface area contributed by atoms with Gasteiger partial charge in [0.15, 0.2) is 0 Å². The summed E-state index contributed by atoms with van der Waals surface area (Å²) in [6.07, 6.45) is 2.68. The standard InChI is InChI=1S/C16H25N/c1-5-13-10-16(13)17-12(4)15-8-6-14(7-9-15)11(2)3/h6-9,11-13,16-17H,5,10H2,1-4H3. The first-order valence-electron chi connectivity index (χ1n) is 6.97. The molecule has 1 aromatic rings. The predicted octanol–water partition coefficient (Wildman–Crippen LogP) is 4.26. The highest BCUT2D eigenvalue weighted by Crippen LogP contribution is 2.35. The Labute approximate surface area is 106 Å². The van der Waals surface area contributed by atoms with E-state index < -0.39 is 0 Å². The van der Waals surface area contributed by atoms with Crippen LogP contribution < -0.4 is 5.32 Å². The van der Waals surface area contributed by atoms with E-state index >= 15 is 0 Å². The van der Waals surface area contributed by atoms with Crippen molar-refractivity contribution in [1.82, 2.24) is 5.32 Å². The van der Waals surface area contributed by atoms with E-state index in [-0.39, 0.29) is 0 Å². The van der Waals surface area contributed by atoms with Gasteiger partial charge in [0.2, 0.25) is 0 Å². The first-order valence-corrected chi connectivity index (χ1v) is 6.97. The summed E-state index contributed by atoms with van der Waals surface area (Å²) in [6, 6.07) is 10.3. The van der Waals surface area contributed by atoms with Gasteiger partial charge in [-0.15, -0.1) is 0 Å². The Morgan fingerprint density at radius 3 is 2.18 bits per heavy atom. The van der Waals surface area contributed by atoms with Crippen LogP contribution in [0.1, 0.15) is 63.6 Å². The van der Waals surface area contributed by atoms with Crippen molar-refractivity contribution in [3.63, 3.8) is 0 Å². The number of nitrogens with one attached hydrogen (secondary N) is 1. The van der Waals surface area contributed by atoms with Crippen molar-refractivity contribution >= 4 is 0 Å². The number of rotatable bonds is 5. The van der Waals surface area contributed by atoms with Crippen molar-refractivity contribution in [1.29, 1.82) is 0 Å². The molecular formula is C16H25N. The van der Waals surface area contributed by atoms with E-state index in [0.717, 1.165) is 12.0 Å². The first-order chi connectivity index (χ1) is 8.11. The van der Waals surface area contributed by atoms with Gasteiger partial charge < -0.3 is 5.32 Å². The van der Waals surface area contributed by atoms with Crippen molar-refractivity contribution in [3.05, 3.63) is 35.4 Å². The summed E-state index contributed by atoms with van der Waals surface area (Å²) < 4.78 is 0. The fraction of sp³-hybridized carbons (Fsp3) is 0.625. The Morgan fingerprint density at radius 2 is 1.71 bits per heavy atom. The minimum Gasteiger partial charge on any atom is -0.307 e. The lowest BCUT2D eigenvalue weighted by Gasteiger charge is -2.15. The van der Waals surface area contributed by atoms with Crippen LogP contribution >= 0.6 is 0 Å². The first kappa shape index (κ1) is 12.6. The average molecular weight is 231 g/mol. The van der Waals surface area contributed by atoms with Gasteiger partial charge in [0.05, 0.1) is 0 Å². The summed E-state index contributed by atoms with van der Waals surface area (Å²) in [7, 11) is 0. The average Bonchev–Trinajstić information content (AvgIpc) is 3.07. The molecule has 2 rings (SSSR count). The van der Waals surface area contributed by atoms with E-state index in [2.05, 4.69) is 57.3 Å². The molecule has 0 saturated heterocycles. The maximum Gasteiger partial charge on any atom is 0.0294 e. The molecule has 1 fully saturated rings. The summed E-state index contributed by atoms with van der Waals surface area (Å²) in [4.78, 5) is 0. The highest BCUT2D eigenvalue weighted by molar-refractivity contribution is 5.26. The molecule has 0 bridgehead atoms. The molecule has 1 nitrogen and oxygen atoms in total. The van der Waals surface area contributed by atoms with Gasteiger partial charge in [-0.2, -0.15) is 0 Å². The summed E-state index contributed by atoms with van der Waals surface area (Å²) in [5.74, 6) is 1.55. The largest absolute Gasteiger partial charge is 0.307 e. The minimum atomic E-state index is 0.484. The fourth-order valence-corrected chi connectivity index (χ4v) is 2.49. The van der Waals surface area contributed by atoms with Crippen LogP contribution in [0.25, 0.3) is 0 Å². The van der Waals surface area contributed by atoms with E-state index in [9.17, 15) is 0 Å². The molecule has 0 heterocycles. The molecular weight excluding hydrogens is 206 g/mol. The minimum absolute atomic E-state index is 0.484. The monoisotopic (exact) mass is 231 g/mol. The molecule has 1 aromatic carbocycles. The molecule has 0 aromatic heterocycles. The van der Waals surface area contributed by atoms with Crippen LogP contribution in [0.3, 0.4) is 0 Å². The molecule has 17 heavy (non-hydrogen) atoms. The second-order valence-corrected chi connectivity index (χ2v) is 5.72. The van der Waals surface area contributed by atoms with Crippen LogP contribution in [0.2, 0.25) is 0 Å². The molecule has 1 aliphatic rings. The molecule has 94 valence electrons. The molecule has 1 saturated carbocycles. The molecule has 0 spiro atoms. The quantitative estimate of drug-likeness (QED) is 0.798. The van der Waals surface area contributed by atoms with E-state index in [1.54, 1.807) is 0 Å². The topological polar surface area (TPSA) is 12.0 Å². The summed E-state index contributed by atoms with van der Waals surface area (Å²) in [6.45, 7) is 9.04. The van der Waals surface area contributed by atoms with Crippen LogP contribution in [-0.2, 0) is 0 Å². The van der Waals surface area contributed by atoms with Gasteiger partial charge in [-0.05, 0) is 36.3 Å². The molecule has 0 amide bonds. The van der Waals surface area contributed by atoms with E-state index in [0.29, 0.717) is 12.0 Å². The molecule has 3 atom stereocenters. The Morgan fingerprint density at radius 1 is 1.12 bits per heavy atom. The van der Waals surface area contributed by atoms with Crippen LogP contribution in [0.5, 0.6) is 0 Å². The third-order valence-electron chi connectivity index (χ3n) is 4.01. The highest BCUT2D eigenvalue weighted by atomic mass is 15.0. The third kappa shape index (κ3) is 3.10. The molecule has 3 unspecified atom stereocenters. The SMILES string of the molecule is CCC1CC1NC(C)c1ccc(C(C)C)cc1. The zero-order valence-electron chi connectivity index (χ0n) is 11.5. The van der Waals surface area contributed by atoms with Gasteiger partial charge in [0.1, 0.15) is 0 Å². The Hall–Kier alpha value is -0.820. The van der Waals surface area contributed by atoms with Gasteiger partial charge in [-0.3, -0.25) is 0 Å². The fourth-order valence-electron chi connectivity index (χ4n) is 2.49. The van der Waals surface area contributed by atoms with E-state index in [4.69, 9.17) is 0 Å². The van der Waals surface area contributed by atoms with Crippen molar-refractivity contribution in [2.75, 3.05) is 0 Å². The van der Waals surface area contributed by atoms with E-state index in [1.807, 2.05) is 0 Å². The lowest BCUT2D eigenvalue weighted by Crippen LogP contribution is -2.22. The normalized spacial score (nSPS) is 25.0. The van der Waals surface area contributed by atoms with Gasteiger partial charge in [0, 0.05) is 12.1 Å². The summed E-state index contributed by atoms with van der Waals surface area (Å²) in [5, 5.41) is 3.72. The van der Waals surface area contributed by atoms with Crippen molar-refractivity contribution in [3.8, 4) is 0 Å². The van der Waals surface area contributed by atoms with Gasteiger partial charge >= 0.3 is 0 Å². The Kier molecular flexibility index (Phi) is 3.88. The van der Waals surface area contributed by atoms with Crippen LogP contribution in [0, 0.1) is 5.92 Å². The smallest absolute Gasteiger partial charge is 0.0294 e. The van der Waals surface area contributed by atoms with E-state index in [1.165, 1.54) is 24.0 Å². The zero-order chi connectivity index (χ0) is 12.4. The zero-order valence-corrected chi connectivity index (χ0v) is 11.5. The predicted molar refractivity (Wildman–Crippen MR) is 74.3 cm³/mol. The van der Waals surface area contributed by atoms with Gasteiger partial charge in [-0.25, -0.2) is 0 Å². The lowest BCUT2D eigenvalue weighted by atomic mass is 9.99. The summed E-state index contributed by atoms with van der Waals surface area (Å²) in [5.41, 5.74) is 2.84. The lowest BCUT2D eigenvalue weighted by molar-refractivity contribution is 0.539.